The summed E-state index contributed by atoms with van der Waals surface area (Å²) in [6, 6.07) is 15.2. The van der Waals surface area contributed by atoms with E-state index in [0.29, 0.717) is 25.3 Å². The van der Waals surface area contributed by atoms with Gasteiger partial charge in [-0.3, -0.25) is 4.79 Å². The van der Waals surface area contributed by atoms with Crippen molar-refractivity contribution >= 4 is 17.6 Å². The van der Waals surface area contributed by atoms with Gasteiger partial charge in [-0.15, -0.1) is 0 Å². The summed E-state index contributed by atoms with van der Waals surface area (Å²) in [5.41, 5.74) is 1.59. The Balaban J connectivity index is 1.52. The molecule has 0 saturated carbocycles. The normalized spacial score (nSPS) is 16.8. The van der Waals surface area contributed by atoms with Gasteiger partial charge in [-0.1, -0.05) is 30.3 Å². The Morgan fingerprint density at radius 2 is 1.81 bits per heavy atom. The molecule has 0 bridgehead atoms. The number of nitrogens with one attached hydrogen (secondary N) is 2. The highest BCUT2D eigenvalue weighted by molar-refractivity contribution is 5.93. The average molecular weight is 355 g/mol. The summed E-state index contributed by atoms with van der Waals surface area (Å²) in [6.45, 7) is 1.48. The molecule has 1 saturated heterocycles. The number of rotatable bonds is 4. The molecule has 2 aromatic carbocycles. The molecule has 136 valence electrons. The topological polar surface area (TPSA) is 61.4 Å². The molecule has 0 unspecified atom stereocenters. The number of amides is 3. The fraction of sp³-hybridized carbons (Fsp3) is 0.300. The lowest BCUT2D eigenvalue weighted by molar-refractivity contribution is -0.121. The smallest absolute Gasteiger partial charge is 0.317 e. The van der Waals surface area contributed by atoms with Gasteiger partial charge in [0.05, 0.1) is 5.92 Å². The van der Waals surface area contributed by atoms with E-state index in [1.54, 1.807) is 4.90 Å². The SMILES string of the molecule is O=C(Nc1ccc(F)cc1)[C@H]1CCCN(C(=O)NCc2ccccc2)C1. The minimum absolute atomic E-state index is 0.142. The molecule has 0 radical (unpaired) electrons. The number of halogens is 1. The van der Waals surface area contributed by atoms with Gasteiger partial charge in [0.1, 0.15) is 5.82 Å². The molecule has 1 fully saturated rings. The van der Waals surface area contributed by atoms with Gasteiger partial charge in [0.2, 0.25) is 5.91 Å². The first-order valence-electron chi connectivity index (χ1n) is 8.75. The number of hydrogen-bond donors (Lipinski definition) is 2. The van der Waals surface area contributed by atoms with E-state index in [9.17, 15) is 14.0 Å². The van der Waals surface area contributed by atoms with Crippen LogP contribution < -0.4 is 10.6 Å². The molecule has 1 aliphatic heterocycles. The molecule has 2 aromatic rings. The van der Waals surface area contributed by atoms with Crippen molar-refractivity contribution in [3.8, 4) is 0 Å². The number of benzene rings is 2. The summed E-state index contributed by atoms with van der Waals surface area (Å²) in [5.74, 6) is -0.754. The lowest BCUT2D eigenvalue weighted by Crippen LogP contribution is -2.47. The van der Waals surface area contributed by atoms with Crippen molar-refractivity contribution in [2.24, 2.45) is 5.92 Å². The van der Waals surface area contributed by atoms with Crippen LogP contribution in [0.4, 0.5) is 14.9 Å². The van der Waals surface area contributed by atoms with E-state index in [1.807, 2.05) is 30.3 Å². The lowest BCUT2D eigenvalue weighted by atomic mass is 9.97. The van der Waals surface area contributed by atoms with E-state index in [4.69, 9.17) is 0 Å². The summed E-state index contributed by atoms with van der Waals surface area (Å²) in [7, 11) is 0. The van der Waals surface area contributed by atoms with Gasteiger partial charge in [0.25, 0.3) is 0 Å². The third-order valence-electron chi connectivity index (χ3n) is 4.48. The molecule has 3 amide bonds. The molecule has 6 heteroatoms. The van der Waals surface area contributed by atoms with Crippen LogP contribution in [0.3, 0.4) is 0 Å². The molecular formula is C20H22FN3O2. The quantitative estimate of drug-likeness (QED) is 0.883. The maximum Gasteiger partial charge on any atom is 0.317 e. The van der Waals surface area contributed by atoms with Gasteiger partial charge in [0.15, 0.2) is 0 Å². The van der Waals surface area contributed by atoms with Crippen molar-refractivity contribution in [1.82, 2.24) is 10.2 Å². The van der Waals surface area contributed by atoms with Crippen molar-refractivity contribution < 1.29 is 14.0 Å². The van der Waals surface area contributed by atoms with Crippen LogP contribution in [0.2, 0.25) is 0 Å². The Bertz CT molecular complexity index is 749. The predicted octanol–water partition coefficient (Wildman–Crippen LogP) is 3.39. The largest absolute Gasteiger partial charge is 0.334 e. The van der Waals surface area contributed by atoms with E-state index >= 15 is 0 Å². The number of carbonyl (C=O) groups excluding carboxylic acids is 2. The van der Waals surface area contributed by atoms with Gasteiger partial charge in [-0.2, -0.15) is 0 Å². The lowest BCUT2D eigenvalue weighted by Gasteiger charge is -2.32. The van der Waals surface area contributed by atoms with E-state index in [2.05, 4.69) is 10.6 Å². The van der Waals surface area contributed by atoms with Crippen LogP contribution in [-0.4, -0.2) is 29.9 Å². The van der Waals surface area contributed by atoms with Crippen molar-refractivity contribution in [3.63, 3.8) is 0 Å². The van der Waals surface area contributed by atoms with Gasteiger partial charge in [0, 0.05) is 25.3 Å². The third kappa shape index (κ3) is 4.81. The van der Waals surface area contributed by atoms with E-state index < -0.39 is 0 Å². The van der Waals surface area contributed by atoms with E-state index in [1.165, 1.54) is 24.3 Å². The maximum absolute atomic E-state index is 13.0. The summed E-state index contributed by atoms with van der Waals surface area (Å²) >= 11 is 0. The first-order valence-corrected chi connectivity index (χ1v) is 8.75. The van der Waals surface area contributed by atoms with Gasteiger partial charge in [-0.25, -0.2) is 9.18 Å². The van der Waals surface area contributed by atoms with Crippen molar-refractivity contribution in [2.75, 3.05) is 18.4 Å². The summed E-state index contributed by atoms with van der Waals surface area (Å²) in [6.07, 6.45) is 1.51. The van der Waals surface area contributed by atoms with Crippen LogP contribution in [0.1, 0.15) is 18.4 Å². The number of likely N-dealkylation sites (tertiary alicyclic amines) is 1. The van der Waals surface area contributed by atoms with Crippen LogP contribution >= 0.6 is 0 Å². The Morgan fingerprint density at radius 1 is 1.08 bits per heavy atom. The van der Waals surface area contributed by atoms with Crippen molar-refractivity contribution in [1.29, 1.82) is 0 Å². The summed E-state index contributed by atoms with van der Waals surface area (Å²) in [4.78, 5) is 26.5. The molecule has 26 heavy (non-hydrogen) atoms. The van der Waals surface area contributed by atoms with Gasteiger partial charge >= 0.3 is 6.03 Å². The highest BCUT2D eigenvalue weighted by Gasteiger charge is 2.28. The molecule has 1 heterocycles. The Kier molecular flexibility index (Phi) is 5.84. The zero-order chi connectivity index (χ0) is 18.4. The van der Waals surface area contributed by atoms with E-state index in [-0.39, 0.29) is 23.7 Å². The minimum Gasteiger partial charge on any atom is -0.334 e. The van der Waals surface area contributed by atoms with Crippen molar-refractivity contribution in [2.45, 2.75) is 19.4 Å². The average Bonchev–Trinajstić information content (AvgIpc) is 2.69. The van der Waals surface area contributed by atoms with Gasteiger partial charge < -0.3 is 15.5 Å². The molecule has 0 spiro atoms. The molecule has 1 atom stereocenters. The Labute approximate surface area is 152 Å². The highest BCUT2D eigenvalue weighted by atomic mass is 19.1. The second-order valence-electron chi connectivity index (χ2n) is 6.43. The molecule has 1 aliphatic rings. The summed E-state index contributed by atoms with van der Waals surface area (Å²) in [5, 5.41) is 5.69. The Hall–Kier alpha value is -2.89. The maximum atomic E-state index is 13.0. The number of hydrogen-bond acceptors (Lipinski definition) is 2. The zero-order valence-corrected chi connectivity index (χ0v) is 14.5. The fourth-order valence-corrected chi connectivity index (χ4v) is 3.04. The van der Waals surface area contributed by atoms with Crippen LogP contribution in [0, 0.1) is 11.7 Å². The van der Waals surface area contributed by atoms with E-state index in [0.717, 1.165) is 18.4 Å². The molecule has 2 N–H and O–H groups in total. The standard InChI is InChI=1S/C20H22FN3O2/c21-17-8-10-18(11-9-17)23-19(25)16-7-4-12-24(14-16)20(26)22-13-15-5-2-1-3-6-15/h1-3,5-6,8-11,16H,4,7,12-14H2,(H,22,26)(H,23,25)/t16-/m0/s1. The molecule has 5 nitrogen and oxygen atoms in total. The molecular weight excluding hydrogens is 333 g/mol. The number of urea groups is 1. The predicted molar refractivity (Wildman–Crippen MR) is 98.0 cm³/mol. The van der Waals surface area contributed by atoms with Crippen LogP contribution in [0.5, 0.6) is 0 Å². The highest BCUT2D eigenvalue weighted by Crippen LogP contribution is 2.19. The second-order valence-corrected chi connectivity index (χ2v) is 6.43. The third-order valence-corrected chi connectivity index (χ3v) is 4.48. The second kappa shape index (κ2) is 8.47. The van der Waals surface area contributed by atoms with Crippen molar-refractivity contribution in [3.05, 3.63) is 66.0 Å². The first kappa shape index (κ1) is 17.9. The molecule has 0 aromatic heterocycles. The van der Waals surface area contributed by atoms with Crippen LogP contribution in [0.15, 0.2) is 54.6 Å². The minimum atomic E-state index is -0.345. The Morgan fingerprint density at radius 3 is 2.54 bits per heavy atom. The first-order chi connectivity index (χ1) is 12.6. The number of nitrogens with zero attached hydrogens (tertiary/aromatic N) is 1. The number of anilines is 1. The fourth-order valence-electron chi connectivity index (χ4n) is 3.04. The number of piperidine rings is 1. The van der Waals surface area contributed by atoms with Gasteiger partial charge in [-0.05, 0) is 42.7 Å². The van der Waals surface area contributed by atoms with Crippen LogP contribution in [0.25, 0.3) is 0 Å². The molecule has 0 aliphatic carbocycles. The number of carbonyl (C=O) groups is 2. The monoisotopic (exact) mass is 355 g/mol. The summed E-state index contributed by atoms with van der Waals surface area (Å²) < 4.78 is 13.0. The zero-order valence-electron chi connectivity index (χ0n) is 14.5. The van der Waals surface area contributed by atoms with Crippen LogP contribution in [-0.2, 0) is 11.3 Å². The molecule has 3 rings (SSSR count).